The van der Waals surface area contributed by atoms with Gasteiger partial charge in [0.1, 0.15) is 6.42 Å². The first-order chi connectivity index (χ1) is 9.56. The lowest BCUT2D eigenvalue weighted by Gasteiger charge is -2.10. The van der Waals surface area contributed by atoms with Crippen LogP contribution in [0.4, 0.5) is 5.69 Å². The van der Waals surface area contributed by atoms with Gasteiger partial charge in [0.05, 0.1) is 0 Å². The molecule has 0 radical (unpaired) electrons. The van der Waals surface area contributed by atoms with Gasteiger partial charge in [0, 0.05) is 23.2 Å². The third-order valence-electron chi connectivity index (χ3n) is 2.73. The van der Waals surface area contributed by atoms with Crippen LogP contribution in [0.3, 0.4) is 0 Å². The van der Waals surface area contributed by atoms with E-state index in [2.05, 4.69) is 26.6 Å². The highest BCUT2D eigenvalue weighted by molar-refractivity contribution is 9.10. The van der Waals surface area contributed by atoms with Crippen molar-refractivity contribution in [2.24, 2.45) is 5.73 Å². The van der Waals surface area contributed by atoms with Crippen LogP contribution >= 0.6 is 15.9 Å². The molecule has 0 atom stereocenters. The normalized spacial score (nSPS) is 10.2. The molecule has 0 fully saturated rings. The summed E-state index contributed by atoms with van der Waals surface area (Å²) in [5.74, 6) is -0.599. The van der Waals surface area contributed by atoms with Gasteiger partial charge in [0.15, 0.2) is 0 Å². The topological polar surface area (TPSA) is 84.2 Å². The minimum atomic E-state index is -0.337. The maximum absolute atomic E-state index is 11.8. The van der Waals surface area contributed by atoms with Gasteiger partial charge in [-0.15, -0.1) is 0 Å². The minimum Gasteiger partial charge on any atom is -0.356 e. The summed E-state index contributed by atoms with van der Waals surface area (Å²) < 4.78 is 0.897. The van der Waals surface area contributed by atoms with Gasteiger partial charge in [-0.1, -0.05) is 29.3 Å². The van der Waals surface area contributed by atoms with Crippen molar-refractivity contribution < 1.29 is 9.59 Å². The fourth-order valence-corrected chi connectivity index (χ4v) is 2.07. The van der Waals surface area contributed by atoms with Crippen molar-refractivity contribution in [3.8, 4) is 0 Å². The molecule has 0 spiro atoms. The summed E-state index contributed by atoms with van der Waals surface area (Å²) in [6, 6.07) is 5.42. The van der Waals surface area contributed by atoms with Crippen molar-refractivity contribution in [2.75, 3.05) is 11.9 Å². The average Bonchev–Trinajstić information content (AvgIpc) is 2.41. The van der Waals surface area contributed by atoms with Crippen molar-refractivity contribution in [1.29, 1.82) is 0 Å². The van der Waals surface area contributed by atoms with Gasteiger partial charge >= 0.3 is 0 Å². The third-order valence-corrected chi connectivity index (χ3v) is 3.23. The molecule has 1 aromatic carbocycles. The average molecular weight is 342 g/mol. The van der Waals surface area contributed by atoms with E-state index < -0.39 is 0 Å². The number of carbonyl (C=O) groups is 2. The maximum Gasteiger partial charge on any atom is 0.233 e. The summed E-state index contributed by atoms with van der Waals surface area (Å²) >= 11 is 3.35. The molecule has 20 heavy (non-hydrogen) atoms. The lowest BCUT2D eigenvalue weighted by molar-refractivity contribution is -0.126. The first-order valence-corrected chi connectivity index (χ1v) is 7.41. The van der Waals surface area contributed by atoms with Crippen molar-refractivity contribution in [2.45, 2.75) is 32.7 Å². The lowest BCUT2D eigenvalue weighted by atomic mass is 10.1. The first kappa shape index (κ1) is 16.7. The zero-order valence-corrected chi connectivity index (χ0v) is 13.1. The number of rotatable bonds is 7. The van der Waals surface area contributed by atoms with Crippen LogP contribution in [-0.2, 0) is 16.1 Å². The van der Waals surface area contributed by atoms with E-state index in [-0.39, 0.29) is 18.2 Å². The van der Waals surface area contributed by atoms with Crippen LogP contribution < -0.4 is 16.4 Å². The Balaban J connectivity index is 2.52. The van der Waals surface area contributed by atoms with Crippen molar-refractivity contribution in [1.82, 2.24) is 5.32 Å². The summed E-state index contributed by atoms with van der Waals surface area (Å²) in [7, 11) is 0. The van der Waals surface area contributed by atoms with E-state index >= 15 is 0 Å². The smallest absolute Gasteiger partial charge is 0.233 e. The molecule has 0 unspecified atom stereocenters. The quantitative estimate of drug-likeness (QED) is 0.524. The number of amides is 2. The predicted molar refractivity (Wildman–Crippen MR) is 83.2 cm³/mol. The SMILES string of the molecule is CCCCNC(=O)CC(=O)Nc1ccc(Br)cc1CN. The Hall–Kier alpha value is -1.40. The molecule has 0 aromatic heterocycles. The van der Waals surface area contributed by atoms with Crippen LogP contribution in [0.2, 0.25) is 0 Å². The Kier molecular flexibility index (Phi) is 7.25. The molecular weight excluding hydrogens is 322 g/mol. The third kappa shape index (κ3) is 5.71. The molecule has 6 heteroatoms. The summed E-state index contributed by atoms with van der Waals surface area (Å²) in [4.78, 5) is 23.3. The van der Waals surface area contributed by atoms with E-state index in [1.807, 2.05) is 19.1 Å². The number of unbranched alkanes of at least 4 members (excludes halogenated alkanes) is 1. The summed E-state index contributed by atoms with van der Waals surface area (Å²) in [6.07, 6.45) is 1.74. The van der Waals surface area contributed by atoms with E-state index in [9.17, 15) is 9.59 Å². The molecule has 0 aliphatic rings. The van der Waals surface area contributed by atoms with Crippen molar-refractivity contribution >= 4 is 33.4 Å². The van der Waals surface area contributed by atoms with Crippen LogP contribution in [0.5, 0.6) is 0 Å². The molecule has 0 heterocycles. The second-order valence-corrected chi connectivity index (χ2v) is 5.35. The van der Waals surface area contributed by atoms with Gasteiger partial charge < -0.3 is 16.4 Å². The molecule has 0 aliphatic carbocycles. The maximum atomic E-state index is 11.8. The number of halogens is 1. The Morgan fingerprint density at radius 1 is 1.30 bits per heavy atom. The molecular formula is C14H20BrN3O2. The highest BCUT2D eigenvalue weighted by Crippen LogP contribution is 2.20. The Morgan fingerprint density at radius 2 is 2.05 bits per heavy atom. The van der Waals surface area contributed by atoms with E-state index in [0.717, 1.165) is 22.9 Å². The van der Waals surface area contributed by atoms with E-state index in [1.54, 1.807) is 6.07 Å². The second-order valence-electron chi connectivity index (χ2n) is 4.43. The number of anilines is 1. The van der Waals surface area contributed by atoms with Crippen LogP contribution in [0, 0.1) is 0 Å². The van der Waals surface area contributed by atoms with Crippen LogP contribution in [-0.4, -0.2) is 18.4 Å². The lowest BCUT2D eigenvalue weighted by Crippen LogP contribution is -2.29. The van der Waals surface area contributed by atoms with Gasteiger partial charge in [-0.05, 0) is 30.2 Å². The number of hydrogen-bond donors (Lipinski definition) is 3. The van der Waals surface area contributed by atoms with E-state index in [0.29, 0.717) is 18.8 Å². The summed E-state index contributed by atoms with van der Waals surface area (Å²) in [5.41, 5.74) is 7.09. The minimum absolute atomic E-state index is 0.177. The van der Waals surface area contributed by atoms with Gasteiger partial charge in [0.2, 0.25) is 11.8 Å². The van der Waals surface area contributed by atoms with E-state index in [4.69, 9.17) is 5.73 Å². The molecule has 5 nitrogen and oxygen atoms in total. The monoisotopic (exact) mass is 341 g/mol. The fourth-order valence-electron chi connectivity index (χ4n) is 1.66. The molecule has 0 bridgehead atoms. The van der Waals surface area contributed by atoms with Crippen LogP contribution in [0.1, 0.15) is 31.7 Å². The highest BCUT2D eigenvalue weighted by Gasteiger charge is 2.11. The van der Waals surface area contributed by atoms with Gasteiger partial charge in [-0.25, -0.2) is 0 Å². The first-order valence-electron chi connectivity index (χ1n) is 6.61. The Morgan fingerprint density at radius 3 is 2.70 bits per heavy atom. The molecule has 2 amide bonds. The Bertz CT molecular complexity index is 477. The number of carbonyl (C=O) groups excluding carboxylic acids is 2. The molecule has 0 saturated heterocycles. The zero-order valence-electron chi connectivity index (χ0n) is 11.5. The number of nitrogens with one attached hydrogen (secondary N) is 2. The zero-order chi connectivity index (χ0) is 15.0. The second kappa shape index (κ2) is 8.71. The number of benzene rings is 1. The van der Waals surface area contributed by atoms with Gasteiger partial charge in [-0.2, -0.15) is 0 Å². The van der Waals surface area contributed by atoms with Crippen molar-refractivity contribution in [3.05, 3.63) is 28.2 Å². The summed E-state index contributed by atoms with van der Waals surface area (Å²) in [6.45, 7) is 2.97. The van der Waals surface area contributed by atoms with Crippen LogP contribution in [0.15, 0.2) is 22.7 Å². The molecule has 0 aliphatic heterocycles. The number of nitrogens with two attached hydrogens (primary N) is 1. The molecule has 110 valence electrons. The fraction of sp³-hybridized carbons (Fsp3) is 0.429. The van der Waals surface area contributed by atoms with Crippen molar-refractivity contribution in [3.63, 3.8) is 0 Å². The highest BCUT2D eigenvalue weighted by atomic mass is 79.9. The van der Waals surface area contributed by atoms with Gasteiger partial charge in [0.25, 0.3) is 0 Å². The standard InChI is InChI=1S/C14H20BrN3O2/c1-2-3-6-17-13(19)8-14(20)18-12-5-4-11(15)7-10(12)9-16/h4-5,7H,2-3,6,8-9,16H2,1H3,(H,17,19)(H,18,20). The van der Waals surface area contributed by atoms with Gasteiger partial charge in [-0.3, -0.25) is 9.59 Å². The summed E-state index contributed by atoms with van der Waals surface area (Å²) in [5, 5.41) is 5.42. The molecule has 1 rings (SSSR count). The Labute approximate surface area is 127 Å². The largest absolute Gasteiger partial charge is 0.356 e. The van der Waals surface area contributed by atoms with E-state index in [1.165, 1.54) is 0 Å². The molecule has 4 N–H and O–H groups in total. The van der Waals surface area contributed by atoms with Crippen LogP contribution in [0.25, 0.3) is 0 Å². The number of hydrogen-bond acceptors (Lipinski definition) is 3. The molecule has 1 aromatic rings. The molecule has 0 saturated carbocycles. The predicted octanol–water partition coefficient (Wildman–Crippen LogP) is 2.15.